The van der Waals surface area contributed by atoms with E-state index >= 15 is 0 Å². The van der Waals surface area contributed by atoms with Gasteiger partial charge in [0.1, 0.15) is 27.5 Å². The summed E-state index contributed by atoms with van der Waals surface area (Å²) in [5.74, 6) is 0.120. The maximum absolute atomic E-state index is 13.3. The van der Waals surface area contributed by atoms with E-state index in [2.05, 4.69) is 25.6 Å². The topological polar surface area (TPSA) is 79.8 Å². The van der Waals surface area contributed by atoms with Gasteiger partial charge in [-0.15, -0.1) is 0 Å². The Labute approximate surface area is 162 Å². The van der Waals surface area contributed by atoms with Gasteiger partial charge in [-0.05, 0) is 31.5 Å². The summed E-state index contributed by atoms with van der Waals surface area (Å²) in [6.45, 7) is 3.37. The molecule has 134 valence electrons. The number of thiazole rings is 1. The minimum atomic E-state index is -0.464. The molecule has 0 spiro atoms. The van der Waals surface area contributed by atoms with E-state index < -0.39 is 11.7 Å². The maximum Gasteiger partial charge on any atom is 0.267 e. The normalized spacial score (nSPS) is 10.7. The molecule has 0 bridgehead atoms. The molecule has 2 heterocycles. The minimum Gasteiger partial charge on any atom is -0.320 e. The molecule has 0 atom stereocenters. The van der Waals surface area contributed by atoms with Crippen LogP contribution in [0.3, 0.4) is 0 Å². The van der Waals surface area contributed by atoms with Gasteiger partial charge in [-0.25, -0.2) is 19.3 Å². The Kier molecular flexibility index (Phi) is 5.36. The second kappa shape index (κ2) is 7.53. The number of carbonyl (C=O) groups is 1. The van der Waals surface area contributed by atoms with Gasteiger partial charge < -0.3 is 10.6 Å². The van der Waals surface area contributed by atoms with Crippen LogP contribution in [-0.4, -0.2) is 20.9 Å². The van der Waals surface area contributed by atoms with Gasteiger partial charge in [0.05, 0.1) is 16.9 Å². The fourth-order valence-corrected chi connectivity index (χ4v) is 3.42. The molecule has 0 aliphatic rings. The summed E-state index contributed by atoms with van der Waals surface area (Å²) in [6.07, 6.45) is 1.42. The molecule has 1 amide bonds. The number of nitrogens with zero attached hydrogens (tertiary/aromatic N) is 3. The summed E-state index contributed by atoms with van der Waals surface area (Å²) in [6, 6.07) is 3.99. The van der Waals surface area contributed by atoms with Gasteiger partial charge in [-0.2, -0.15) is 0 Å². The van der Waals surface area contributed by atoms with E-state index in [9.17, 15) is 9.18 Å². The number of aryl methyl sites for hydroxylation is 2. The van der Waals surface area contributed by atoms with Gasteiger partial charge in [0, 0.05) is 6.07 Å². The average Bonchev–Trinajstić information content (AvgIpc) is 2.98. The highest BCUT2D eigenvalue weighted by Gasteiger charge is 2.15. The number of amides is 1. The van der Waals surface area contributed by atoms with E-state index in [-0.39, 0.29) is 5.02 Å². The Morgan fingerprint density at radius 3 is 2.65 bits per heavy atom. The Morgan fingerprint density at radius 2 is 1.96 bits per heavy atom. The average molecular weight is 412 g/mol. The molecule has 2 aromatic heterocycles. The van der Waals surface area contributed by atoms with Crippen molar-refractivity contribution >= 4 is 57.1 Å². The first-order chi connectivity index (χ1) is 12.3. The number of hydrogen-bond acceptors (Lipinski definition) is 6. The molecule has 0 unspecified atom stereocenters. The molecule has 0 aliphatic heterocycles. The Balaban J connectivity index is 1.76. The quantitative estimate of drug-likeness (QED) is 0.590. The molecule has 0 radical (unpaired) electrons. The van der Waals surface area contributed by atoms with Crippen molar-refractivity contribution < 1.29 is 9.18 Å². The molecular formula is C16H12Cl2FN5OS. The summed E-state index contributed by atoms with van der Waals surface area (Å²) in [4.78, 5) is 25.1. The van der Waals surface area contributed by atoms with E-state index in [1.165, 1.54) is 12.3 Å². The first-order valence-corrected chi connectivity index (χ1v) is 8.90. The molecule has 1 aromatic carbocycles. The fraction of sp³-hybridized carbons (Fsp3) is 0.125. The third-order valence-corrected chi connectivity index (χ3v) is 4.67. The van der Waals surface area contributed by atoms with Crippen LogP contribution in [0.4, 0.5) is 21.0 Å². The molecule has 3 rings (SSSR count). The Morgan fingerprint density at radius 1 is 1.19 bits per heavy atom. The molecule has 3 aromatic rings. The van der Waals surface area contributed by atoms with Crippen LogP contribution in [-0.2, 0) is 0 Å². The van der Waals surface area contributed by atoms with Crippen LogP contribution in [0.25, 0.3) is 0 Å². The lowest BCUT2D eigenvalue weighted by molar-refractivity contribution is 0.103. The zero-order valence-corrected chi connectivity index (χ0v) is 15.9. The standard InChI is InChI=1S/C16H12Cl2FN5OS/c1-7-3-9(19)4-10(17)14(7)24-15(25)11-6-20-16(26-11)23-13-5-12(18)21-8(2)22-13/h3-6H,1-2H3,(H,24,25)(H,20,21,22,23). The SMILES string of the molecule is Cc1nc(Cl)cc(Nc2ncc(C(=O)Nc3c(C)cc(F)cc3Cl)s2)n1. The van der Waals surface area contributed by atoms with Crippen molar-refractivity contribution in [2.45, 2.75) is 13.8 Å². The first-order valence-electron chi connectivity index (χ1n) is 7.33. The number of aromatic nitrogens is 3. The lowest BCUT2D eigenvalue weighted by Crippen LogP contribution is -2.11. The van der Waals surface area contributed by atoms with E-state index in [4.69, 9.17) is 23.2 Å². The van der Waals surface area contributed by atoms with Crippen LogP contribution < -0.4 is 10.6 Å². The molecule has 6 nitrogen and oxygen atoms in total. The lowest BCUT2D eigenvalue weighted by atomic mass is 10.2. The summed E-state index contributed by atoms with van der Waals surface area (Å²) in [5, 5.41) is 6.54. The van der Waals surface area contributed by atoms with Crippen LogP contribution in [0, 0.1) is 19.7 Å². The monoisotopic (exact) mass is 411 g/mol. The van der Waals surface area contributed by atoms with Crippen molar-refractivity contribution in [3.05, 3.63) is 56.7 Å². The highest BCUT2D eigenvalue weighted by atomic mass is 35.5. The number of halogens is 3. The maximum atomic E-state index is 13.3. The van der Waals surface area contributed by atoms with Gasteiger partial charge in [0.15, 0.2) is 5.13 Å². The molecule has 0 aliphatic carbocycles. The Bertz CT molecular complexity index is 951. The predicted octanol–water partition coefficient (Wildman–Crippen LogP) is 4.99. The molecule has 0 saturated heterocycles. The number of carbonyl (C=O) groups excluding carboxylic acids is 1. The molecular weight excluding hydrogens is 400 g/mol. The van der Waals surface area contributed by atoms with Gasteiger partial charge in [0.25, 0.3) is 5.91 Å². The van der Waals surface area contributed by atoms with Crippen molar-refractivity contribution in [1.82, 2.24) is 15.0 Å². The smallest absolute Gasteiger partial charge is 0.267 e. The van der Waals surface area contributed by atoms with E-state index in [1.54, 1.807) is 19.9 Å². The molecule has 0 saturated carbocycles. The molecule has 2 N–H and O–H groups in total. The van der Waals surface area contributed by atoms with Crippen LogP contribution in [0.1, 0.15) is 21.1 Å². The number of anilines is 3. The highest BCUT2D eigenvalue weighted by molar-refractivity contribution is 7.17. The minimum absolute atomic E-state index is 0.129. The summed E-state index contributed by atoms with van der Waals surface area (Å²) >= 11 is 13.0. The van der Waals surface area contributed by atoms with Gasteiger partial charge in [-0.3, -0.25) is 4.79 Å². The van der Waals surface area contributed by atoms with Crippen LogP contribution >= 0.6 is 34.5 Å². The van der Waals surface area contributed by atoms with Crippen molar-refractivity contribution in [3.63, 3.8) is 0 Å². The largest absolute Gasteiger partial charge is 0.320 e. The van der Waals surface area contributed by atoms with Crippen LogP contribution in [0.15, 0.2) is 24.4 Å². The number of benzene rings is 1. The van der Waals surface area contributed by atoms with E-state index in [0.717, 1.165) is 17.4 Å². The summed E-state index contributed by atoms with van der Waals surface area (Å²) < 4.78 is 13.3. The van der Waals surface area contributed by atoms with Crippen LogP contribution in [0.2, 0.25) is 10.2 Å². The van der Waals surface area contributed by atoms with Gasteiger partial charge in [-0.1, -0.05) is 34.5 Å². The van der Waals surface area contributed by atoms with Crippen molar-refractivity contribution in [1.29, 1.82) is 0 Å². The van der Waals surface area contributed by atoms with Crippen molar-refractivity contribution in [2.24, 2.45) is 0 Å². The third kappa shape index (κ3) is 4.27. The molecule has 10 heteroatoms. The zero-order chi connectivity index (χ0) is 18.8. The van der Waals surface area contributed by atoms with Crippen LogP contribution in [0.5, 0.6) is 0 Å². The molecule has 26 heavy (non-hydrogen) atoms. The number of hydrogen-bond donors (Lipinski definition) is 2. The lowest BCUT2D eigenvalue weighted by Gasteiger charge is -2.09. The number of rotatable bonds is 4. The predicted molar refractivity (Wildman–Crippen MR) is 101 cm³/mol. The van der Waals surface area contributed by atoms with Crippen molar-refractivity contribution in [2.75, 3.05) is 10.6 Å². The Hall–Kier alpha value is -2.29. The number of nitrogens with one attached hydrogen (secondary N) is 2. The first kappa shape index (κ1) is 18.5. The summed E-state index contributed by atoms with van der Waals surface area (Å²) in [5.41, 5.74) is 0.886. The second-order valence-corrected chi connectivity index (χ2v) is 7.14. The van der Waals surface area contributed by atoms with Gasteiger partial charge >= 0.3 is 0 Å². The third-order valence-electron chi connectivity index (χ3n) is 3.26. The summed E-state index contributed by atoms with van der Waals surface area (Å²) in [7, 11) is 0. The van der Waals surface area contributed by atoms with E-state index in [1.807, 2.05) is 0 Å². The molecule has 0 fully saturated rings. The van der Waals surface area contributed by atoms with Gasteiger partial charge in [0.2, 0.25) is 0 Å². The fourth-order valence-electron chi connectivity index (χ4n) is 2.18. The highest BCUT2D eigenvalue weighted by Crippen LogP contribution is 2.29. The van der Waals surface area contributed by atoms with Crippen molar-refractivity contribution in [3.8, 4) is 0 Å². The van der Waals surface area contributed by atoms with E-state index in [0.29, 0.717) is 38.1 Å². The second-order valence-electron chi connectivity index (χ2n) is 5.31. The zero-order valence-electron chi connectivity index (χ0n) is 13.6.